The van der Waals surface area contributed by atoms with E-state index >= 15 is 0 Å². The smallest absolute Gasteiger partial charge is 0.172 e. The van der Waals surface area contributed by atoms with Gasteiger partial charge in [-0.1, -0.05) is 18.5 Å². The topological polar surface area (TPSA) is 26.3 Å². The number of hydrogen-bond acceptors (Lipinski definition) is 2. The van der Waals surface area contributed by atoms with Crippen molar-refractivity contribution in [3.8, 4) is 5.75 Å². The van der Waals surface area contributed by atoms with Gasteiger partial charge in [-0.3, -0.25) is 4.79 Å². The summed E-state index contributed by atoms with van der Waals surface area (Å²) < 4.78 is 5.25. The summed E-state index contributed by atoms with van der Waals surface area (Å²) in [5, 5.41) is 0.619. The Balaban J connectivity index is 2.47. The second-order valence-corrected chi connectivity index (χ2v) is 5.10. The Morgan fingerprint density at radius 2 is 2.06 bits per heavy atom. The minimum atomic E-state index is -0.189. The molecule has 1 fully saturated rings. The number of methoxy groups -OCH3 is 1. The number of halogens is 1. The predicted octanol–water partition coefficient (Wildman–Crippen LogP) is 3.64. The van der Waals surface area contributed by atoms with Crippen LogP contribution in [0, 0.1) is 12.3 Å². The van der Waals surface area contributed by atoms with Crippen molar-refractivity contribution in [2.24, 2.45) is 5.41 Å². The molecule has 1 aromatic carbocycles. The van der Waals surface area contributed by atoms with E-state index in [-0.39, 0.29) is 11.2 Å². The van der Waals surface area contributed by atoms with Gasteiger partial charge in [0, 0.05) is 10.4 Å². The van der Waals surface area contributed by atoms with Crippen LogP contribution in [0.2, 0.25) is 5.02 Å². The summed E-state index contributed by atoms with van der Waals surface area (Å²) in [4.78, 5) is 12.2. The predicted molar refractivity (Wildman–Crippen MR) is 64.4 cm³/mol. The van der Waals surface area contributed by atoms with Crippen LogP contribution >= 0.6 is 11.6 Å². The van der Waals surface area contributed by atoms with Crippen LogP contribution in [0.1, 0.15) is 35.7 Å². The summed E-state index contributed by atoms with van der Waals surface area (Å²) in [5.74, 6) is 0.770. The number of rotatable bonds is 3. The fourth-order valence-corrected chi connectivity index (χ4v) is 1.90. The zero-order valence-corrected chi connectivity index (χ0v) is 10.5. The molecule has 0 aromatic heterocycles. The van der Waals surface area contributed by atoms with Crippen LogP contribution < -0.4 is 4.74 Å². The molecule has 1 aliphatic rings. The summed E-state index contributed by atoms with van der Waals surface area (Å²) in [7, 11) is 1.58. The first-order chi connectivity index (χ1) is 7.48. The van der Waals surface area contributed by atoms with Crippen molar-refractivity contribution in [1.29, 1.82) is 0 Å². The largest absolute Gasteiger partial charge is 0.496 e. The molecule has 0 bridgehead atoms. The van der Waals surface area contributed by atoms with Gasteiger partial charge in [-0.05, 0) is 37.5 Å². The molecule has 0 heterocycles. The van der Waals surface area contributed by atoms with E-state index in [2.05, 4.69) is 0 Å². The first kappa shape index (κ1) is 11.5. The SMILES string of the molecule is COc1cc(C)c(Cl)cc1C(=O)C1(C)CC1. The van der Waals surface area contributed by atoms with Gasteiger partial charge in [-0.25, -0.2) is 0 Å². The molecule has 2 rings (SSSR count). The molecule has 3 heteroatoms. The number of carbonyl (C=O) groups is 1. The van der Waals surface area contributed by atoms with E-state index in [1.807, 2.05) is 19.9 Å². The van der Waals surface area contributed by atoms with Crippen molar-refractivity contribution < 1.29 is 9.53 Å². The quantitative estimate of drug-likeness (QED) is 0.752. The van der Waals surface area contributed by atoms with Crippen molar-refractivity contribution in [3.05, 3.63) is 28.3 Å². The molecule has 0 amide bonds. The summed E-state index contributed by atoms with van der Waals surface area (Å²) in [6.45, 7) is 3.89. The minimum Gasteiger partial charge on any atom is -0.496 e. The maximum absolute atomic E-state index is 12.2. The Hall–Kier alpha value is -1.02. The van der Waals surface area contributed by atoms with Gasteiger partial charge in [-0.2, -0.15) is 0 Å². The van der Waals surface area contributed by atoms with Gasteiger partial charge in [0.2, 0.25) is 0 Å². The molecule has 0 spiro atoms. The Bertz CT molecular complexity index is 447. The summed E-state index contributed by atoms with van der Waals surface area (Å²) in [6.07, 6.45) is 1.92. The average Bonchev–Trinajstić information content (AvgIpc) is 3.00. The van der Waals surface area contributed by atoms with Crippen LogP contribution in [-0.4, -0.2) is 12.9 Å². The highest BCUT2D eigenvalue weighted by atomic mass is 35.5. The van der Waals surface area contributed by atoms with Gasteiger partial charge in [-0.15, -0.1) is 0 Å². The van der Waals surface area contributed by atoms with Crippen LogP contribution in [0.4, 0.5) is 0 Å². The molecule has 86 valence electrons. The number of ether oxygens (including phenoxy) is 1. The van der Waals surface area contributed by atoms with E-state index in [4.69, 9.17) is 16.3 Å². The van der Waals surface area contributed by atoms with Crippen molar-refractivity contribution in [2.75, 3.05) is 7.11 Å². The second kappa shape index (κ2) is 3.77. The Kier molecular flexibility index (Phi) is 2.70. The number of aryl methyl sites for hydroxylation is 1. The van der Waals surface area contributed by atoms with Crippen LogP contribution in [0.3, 0.4) is 0 Å². The third kappa shape index (κ3) is 1.82. The molecule has 2 nitrogen and oxygen atoms in total. The zero-order chi connectivity index (χ0) is 11.9. The normalized spacial score (nSPS) is 17.0. The molecule has 0 saturated heterocycles. The Morgan fingerprint density at radius 3 is 2.56 bits per heavy atom. The van der Waals surface area contributed by atoms with Crippen LogP contribution in [0.15, 0.2) is 12.1 Å². The van der Waals surface area contributed by atoms with E-state index in [1.165, 1.54) is 0 Å². The Morgan fingerprint density at radius 1 is 1.44 bits per heavy atom. The number of Topliss-reactive ketones (excluding diaryl/α,β-unsaturated/α-hetero) is 1. The second-order valence-electron chi connectivity index (χ2n) is 4.69. The van der Waals surface area contributed by atoms with Gasteiger partial charge >= 0.3 is 0 Å². The van der Waals surface area contributed by atoms with Crippen LogP contribution in [0.25, 0.3) is 0 Å². The molecule has 0 N–H and O–H groups in total. The molecule has 0 aliphatic heterocycles. The maximum atomic E-state index is 12.2. The third-order valence-corrected chi connectivity index (χ3v) is 3.68. The summed E-state index contributed by atoms with van der Waals surface area (Å²) in [5.41, 5.74) is 1.35. The molecule has 1 aliphatic carbocycles. The lowest BCUT2D eigenvalue weighted by Gasteiger charge is -2.13. The first-order valence-corrected chi connectivity index (χ1v) is 5.75. The highest BCUT2D eigenvalue weighted by Crippen LogP contribution is 2.49. The van der Waals surface area contributed by atoms with Gasteiger partial charge in [0.25, 0.3) is 0 Å². The number of benzene rings is 1. The lowest BCUT2D eigenvalue weighted by atomic mass is 9.95. The lowest BCUT2D eigenvalue weighted by molar-refractivity contribution is 0.0909. The number of hydrogen-bond donors (Lipinski definition) is 0. The highest BCUT2D eigenvalue weighted by Gasteiger charge is 2.45. The molecule has 0 atom stereocenters. The highest BCUT2D eigenvalue weighted by molar-refractivity contribution is 6.32. The average molecular weight is 239 g/mol. The minimum absolute atomic E-state index is 0.145. The van der Waals surface area contributed by atoms with Crippen molar-refractivity contribution in [3.63, 3.8) is 0 Å². The number of ketones is 1. The van der Waals surface area contributed by atoms with E-state index in [0.717, 1.165) is 18.4 Å². The van der Waals surface area contributed by atoms with E-state index < -0.39 is 0 Å². The van der Waals surface area contributed by atoms with Crippen LogP contribution in [0.5, 0.6) is 5.75 Å². The van der Waals surface area contributed by atoms with E-state index in [1.54, 1.807) is 13.2 Å². The summed E-state index contributed by atoms with van der Waals surface area (Å²) >= 11 is 6.05. The van der Waals surface area contributed by atoms with Gasteiger partial charge in [0.15, 0.2) is 5.78 Å². The molecule has 0 unspecified atom stereocenters. The van der Waals surface area contributed by atoms with Crippen molar-refractivity contribution in [2.45, 2.75) is 26.7 Å². The van der Waals surface area contributed by atoms with Crippen molar-refractivity contribution >= 4 is 17.4 Å². The fraction of sp³-hybridized carbons (Fsp3) is 0.462. The zero-order valence-electron chi connectivity index (χ0n) is 9.76. The molecular formula is C13H15ClO2. The summed E-state index contributed by atoms with van der Waals surface area (Å²) in [6, 6.07) is 3.54. The van der Waals surface area contributed by atoms with Crippen molar-refractivity contribution in [1.82, 2.24) is 0 Å². The maximum Gasteiger partial charge on any atom is 0.172 e. The molecule has 16 heavy (non-hydrogen) atoms. The monoisotopic (exact) mass is 238 g/mol. The Labute approximate surface area is 101 Å². The van der Waals surface area contributed by atoms with Crippen LogP contribution in [-0.2, 0) is 0 Å². The lowest BCUT2D eigenvalue weighted by Crippen LogP contribution is -2.13. The van der Waals surface area contributed by atoms with Gasteiger partial charge in [0.05, 0.1) is 12.7 Å². The molecule has 1 aromatic rings. The van der Waals surface area contributed by atoms with Gasteiger partial charge in [0.1, 0.15) is 5.75 Å². The third-order valence-electron chi connectivity index (χ3n) is 3.27. The molecule has 1 saturated carbocycles. The van der Waals surface area contributed by atoms with E-state index in [0.29, 0.717) is 16.3 Å². The fourth-order valence-electron chi connectivity index (χ4n) is 1.74. The molecule has 0 radical (unpaired) electrons. The first-order valence-electron chi connectivity index (χ1n) is 5.37. The molecular weight excluding hydrogens is 224 g/mol. The van der Waals surface area contributed by atoms with Gasteiger partial charge < -0.3 is 4.74 Å². The van der Waals surface area contributed by atoms with E-state index in [9.17, 15) is 4.79 Å². The standard InChI is InChI=1S/C13H15ClO2/c1-8-6-11(16-3)9(7-10(8)14)12(15)13(2)4-5-13/h6-7H,4-5H2,1-3H3. The number of carbonyl (C=O) groups excluding carboxylic acids is 1.